The molecule has 2 fully saturated rings. The van der Waals surface area contributed by atoms with Gasteiger partial charge in [0.1, 0.15) is 5.82 Å². The van der Waals surface area contributed by atoms with E-state index >= 15 is 0 Å². The van der Waals surface area contributed by atoms with Crippen LogP contribution in [-0.4, -0.2) is 37.0 Å². The fourth-order valence-electron chi connectivity index (χ4n) is 2.93. The summed E-state index contributed by atoms with van der Waals surface area (Å²) in [4.78, 5) is 1.94. The molecule has 3 rings (SSSR count). The van der Waals surface area contributed by atoms with E-state index in [0.717, 1.165) is 5.56 Å². The summed E-state index contributed by atoms with van der Waals surface area (Å²) in [6.45, 7) is 1.45. The van der Waals surface area contributed by atoms with Crippen LogP contribution in [-0.2, 0) is 6.54 Å². The molecule has 18 heavy (non-hydrogen) atoms. The Bertz CT molecular complexity index is 455. The Hall–Kier alpha value is -1.07. The van der Waals surface area contributed by atoms with Crippen molar-refractivity contribution in [1.29, 1.82) is 0 Å². The SMILES string of the molecule is Fc1cccc(CN2CC3(CNCC3(F)F)C2)c1. The van der Waals surface area contributed by atoms with Gasteiger partial charge in [0.05, 0.1) is 12.0 Å². The Balaban J connectivity index is 1.63. The zero-order valence-corrected chi connectivity index (χ0v) is 9.93. The lowest BCUT2D eigenvalue weighted by Crippen LogP contribution is -2.63. The summed E-state index contributed by atoms with van der Waals surface area (Å²) in [6, 6.07) is 6.30. The lowest BCUT2D eigenvalue weighted by Gasteiger charge is -2.50. The van der Waals surface area contributed by atoms with Gasteiger partial charge in [-0.1, -0.05) is 12.1 Å². The van der Waals surface area contributed by atoms with Gasteiger partial charge in [-0.3, -0.25) is 4.90 Å². The fourth-order valence-corrected chi connectivity index (χ4v) is 2.93. The summed E-state index contributed by atoms with van der Waals surface area (Å²) >= 11 is 0. The molecule has 2 aliphatic heterocycles. The smallest absolute Gasteiger partial charge is 0.269 e. The molecule has 0 aromatic heterocycles. The van der Waals surface area contributed by atoms with E-state index in [1.807, 2.05) is 11.0 Å². The molecule has 0 aliphatic carbocycles. The van der Waals surface area contributed by atoms with Crippen molar-refractivity contribution in [1.82, 2.24) is 10.2 Å². The predicted octanol–water partition coefficient (Wildman–Crippen LogP) is 1.87. The Morgan fingerprint density at radius 1 is 1.22 bits per heavy atom. The first-order chi connectivity index (χ1) is 8.51. The van der Waals surface area contributed by atoms with Crippen LogP contribution in [0.3, 0.4) is 0 Å². The van der Waals surface area contributed by atoms with E-state index in [9.17, 15) is 13.2 Å². The zero-order chi connectivity index (χ0) is 12.8. The van der Waals surface area contributed by atoms with Crippen LogP contribution < -0.4 is 5.32 Å². The third-order valence-corrected chi connectivity index (χ3v) is 3.93. The van der Waals surface area contributed by atoms with Crippen LogP contribution in [0.1, 0.15) is 5.56 Å². The minimum absolute atomic E-state index is 0.221. The lowest BCUT2D eigenvalue weighted by atomic mass is 9.76. The number of hydrogen-bond acceptors (Lipinski definition) is 2. The molecule has 0 amide bonds. The molecule has 0 bridgehead atoms. The number of alkyl halides is 2. The Labute approximate surface area is 104 Å². The molecule has 2 saturated heterocycles. The van der Waals surface area contributed by atoms with Gasteiger partial charge in [0.15, 0.2) is 0 Å². The van der Waals surface area contributed by atoms with E-state index < -0.39 is 11.3 Å². The van der Waals surface area contributed by atoms with Gasteiger partial charge < -0.3 is 5.32 Å². The molecule has 98 valence electrons. The average molecular weight is 256 g/mol. The lowest BCUT2D eigenvalue weighted by molar-refractivity contribution is -0.159. The molecule has 1 aromatic carbocycles. The molecule has 2 nitrogen and oxygen atoms in total. The first-order valence-electron chi connectivity index (χ1n) is 6.06. The maximum atomic E-state index is 13.7. The van der Waals surface area contributed by atoms with Gasteiger partial charge in [-0.15, -0.1) is 0 Å². The van der Waals surface area contributed by atoms with Crippen LogP contribution in [0, 0.1) is 11.2 Å². The Morgan fingerprint density at radius 2 is 2.00 bits per heavy atom. The van der Waals surface area contributed by atoms with Gasteiger partial charge in [0.25, 0.3) is 5.92 Å². The summed E-state index contributed by atoms with van der Waals surface area (Å²) < 4.78 is 40.4. The van der Waals surface area contributed by atoms with E-state index in [4.69, 9.17) is 0 Å². The minimum atomic E-state index is -2.62. The highest BCUT2D eigenvalue weighted by molar-refractivity contribution is 5.18. The highest BCUT2D eigenvalue weighted by Gasteiger charge is 2.62. The number of benzene rings is 1. The fraction of sp³-hybridized carbons (Fsp3) is 0.538. The van der Waals surface area contributed by atoms with Gasteiger partial charge in [-0.2, -0.15) is 0 Å². The first-order valence-corrected chi connectivity index (χ1v) is 6.06. The van der Waals surface area contributed by atoms with Gasteiger partial charge >= 0.3 is 0 Å². The quantitative estimate of drug-likeness (QED) is 0.869. The predicted molar refractivity (Wildman–Crippen MR) is 61.9 cm³/mol. The zero-order valence-electron chi connectivity index (χ0n) is 9.93. The second-order valence-corrected chi connectivity index (χ2v) is 5.36. The van der Waals surface area contributed by atoms with E-state index in [-0.39, 0.29) is 12.4 Å². The van der Waals surface area contributed by atoms with Crippen molar-refractivity contribution in [2.75, 3.05) is 26.2 Å². The van der Waals surface area contributed by atoms with E-state index in [0.29, 0.717) is 26.2 Å². The molecule has 1 N–H and O–H groups in total. The first kappa shape index (κ1) is 12.0. The number of nitrogens with one attached hydrogen (secondary N) is 1. The monoisotopic (exact) mass is 256 g/mol. The Kier molecular flexibility index (Phi) is 2.64. The van der Waals surface area contributed by atoms with Crippen molar-refractivity contribution >= 4 is 0 Å². The van der Waals surface area contributed by atoms with Crippen LogP contribution in [0.5, 0.6) is 0 Å². The molecule has 1 spiro atoms. The molecular formula is C13H15F3N2. The van der Waals surface area contributed by atoms with Crippen molar-refractivity contribution in [3.63, 3.8) is 0 Å². The molecule has 2 heterocycles. The van der Waals surface area contributed by atoms with E-state index in [2.05, 4.69) is 5.32 Å². The van der Waals surface area contributed by atoms with E-state index in [1.54, 1.807) is 6.07 Å². The van der Waals surface area contributed by atoms with Gasteiger partial charge in [-0.05, 0) is 17.7 Å². The summed E-state index contributed by atoms with van der Waals surface area (Å²) in [6.07, 6.45) is 0. The van der Waals surface area contributed by atoms with Crippen molar-refractivity contribution in [3.8, 4) is 0 Å². The molecule has 5 heteroatoms. The van der Waals surface area contributed by atoms with Crippen molar-refractivity contribution in [2.24, 2.45) is 5.41 Å². The van der Waals surface area contributed by atoms with Gasteiger partial charge in [0.2, 0.25) is 0 Å². The molecule has 0 atom stereocenters. The molecular weight excluding hydrogens is 241 g/mol. The average Bonchev–Trinajstić information content (AvgIpc) is 2.54. The van der Waals surface area contributed by atoms with Crippen LogP contribution in [0.4, 0.5) is 13.2 Å². The van der Waals surface area contributed by atoms with Crippen LogP contribution >= 0.6 is 0 Å². The normalized spacial score (nSPS) is 25.3. The van der Waals surface area contributed by atoms with Crippen molar-refractivity contribution in [3.05, 3.63) is 35.6 Å². The number of nitrogens with zero attached hydrogens (tertiary/aromatic N) is 1. The highest BCUT2D eigenvalue weighted by atomic mass is 19.3. The highest BCUT2D eigenvalue weighted by Crippen LogP contribution is 2.47. The second-order valence-electron chi connectivity index (χ2n) is 5.36. The van der Waals surface area contributed by atoms with Gasteiger partial charge in [-0.25, -0.2) is 13.2 Å². The topological polar surface area (TPSA) is 15.3 Å². The number of halogens is 3. The molecule has 0 radical (unpaired) electrons. The standard InChI is InChI=1S/C13H15F3N2/c14-11-3-1-2-10(4-11)5-18-8-12(9-18)6-17-7-13(12,15)16/h1-4,17H,5-9H2. The van der Waals surface area contributed by atoms with Crippen LogP contribution in [0.25, 0.3) is 0 Å². The third-order valence-electron chi connectivity index (χ3n) is 3.93. The number of likely N-dealkylation sites (tertiary alicyclic amines) is 1. The Morgan fingerprint density at radius 3 is 2.61 bits per heavy atom. The number of hydrogen-bond donors (Lipinski definition) is 1. The van der Waals surface area contributed by atoms with Gasteiger partial charge in [0, 0.05) is 26.2 Å². The maximum Gasteiger partial charge on any atom is 0.269 e. The van der Waals surface area contributed by atoms with Crippen LogP contribution in [0.2, 0.25) is 0 Å². The molecule has 0 saturated carbocycles. The van der Waals surface area contributed by atoms with Crippen molar-refractivity contribution in [2.45, 2.75) is 12.5 Å². The van der Waals surface area contributed by atoms with Crippen molar-refractivity contribution < 1.29 is 13.2 Å². The maximum absolute atomic E-state index is 13.7. The molecule has 1 aromatic rings. The third kappa shape index (κ3) is 1.82. The van der Waals surface area contributed by atoms with Crippen LogP contribution in [0.15, 0.2) is 24.3 Å². The summed E-state index contributed by atoms with van der Waals surface area (Å²) in [7, 11) is 0. The molecule has 0 unspecified atom stereocenters. The minimum Gasteiger partial charge on any atom is -0.310 e. The molecule has 2 aliphatic rings. The largest absolute Gasteiger partial charge is 0.310 e. The second kappa shape index (κ2) is 3.96. The summed E-state index contributed by atoms with van der Waals surface area (Å²) in [5.41, 5.74) is -0.0699. The summed E-state index contributed by atoms with van der Waals surface area (Å²) in [5.74, 6) is -2.90. The van der Waals surface area contributed by atoms with E-state index in [1.165, 1.54) is 12.1 Å². The summed E-state index contributed by atoms with van der Waals surface area (Å²) in [5, 5.41) is 2.76. The number of rotatable bonds is 2.